The molecule has 0 aliphatic heterocycles. The molecule has 0 N–H and O–H groups in total. The first-order chi connectivity index (χ1) is 38.0. The number of benzene rings is 10. The molecule has 0 bridgehead atoms. The molecule has 362 valence electrons. The van der Waals surface area contributed by atoms with Crippen LogP contribution in [0.3, 0.4) is 0 Å². The van der Waals surface area contributed by atoms with Crippen LogP contribution < -0.4 is 0 Å². The van der Waals surface area contributed by atoms with Crippen LogP contribution in [0.5, 0.6) is 0 Å². The van der Waals surface area contributed by atoms with Crippen molar-refractivity contribution in [1.29, 1.82) is 31.6 Å². The third kappa shape index (κ3) is 7.82. The molecule has 12 aromatic rings. The number of hydrogen-bond acceptors (Lipinski definition) is 6. The molecule has 0 saturated heterocycles. The maximum Gasteiger partial charge on any atom is 0.416 e. The highest BCUT2D eigenvalue weighted by Gasteiger charge is 2.32. The van der Waals surface area contributed by atoms with Crippen molar-refractivity contribution < 1.29 is 13.2 Å². The number of rotatable bonds is 7. The molecule has 2 heterocycles. The average molecular weight is 1010 g/mol. The van der Waals surface area contributed by atoms with Gasteiger partial charge in [0.1, 0.15) is 11.6 Å². The van der Waals surface area contributed by atoms with Gasteiger partial charge in [0.2, 0.25) is 0 Å². The highest BCUT2D eigenvalue weighted by Crippen LogP contribution is 2.45. The molecule has 0 unspecified atom stereocenters. The lowest BCUT2D eigenvalue weighted by Crippen LogP contribution is -2.07. The van der Waals surface area contributed by atoms with Crippen molar-refractivity contribution in [3.05, 3.63) is 239 Å². The summed E-state index contributed by atoms with van der Waals surface area (Å²) in [4.78, 5) is 0. The fraction of sp³-hybridized carbons (Fsp3) is 0.0149. The molecule has 8 nitrogen and oxygen atoms in total. The Morgan fingerprint density at radius 2 is 0.628 bits per heavy atom. The van der Waals surface area contributed by atoms with E-state index in [0.29, 0.717) is 88.8 Å². The number of nitrogens with zero attached hydrogens (tertiary/aromatic N) is 8. The van der Waals surface area contributed by atoms with E-state index in [1.54, 1.807) is 60.7 Å². The molecule has 10 aromatic carbocycles. The zero-order chi connectivity index (χ0) is 53.8. The first-order valence-corrected chi connectivity index (χ1v) is 24.4. The highest BCUT2D eigenvalue weighted by atomic mass is 19.4. The molecule has 0 fully saturated rings. The minimum absolute atomic E-state index is 0.0504. The van der Waals surface area contributed by atoms with E-state index >= 15 is 0 Å². The average Bonchev–Trinajstić information content (AvgIpc) is 4.18. The normalized spacial score (nSPS) is 11.2. The minimum Gasteiger partial charge on any atom is -0.308 e. The van der Waals surface area contributed by atoms with Gasteiger partial charge in [-0.2, -0.15) is 44.7 Å². The van der Waals surface area contributed by atoms with Crippen molar-refractivity contribution in [2.75, 3.05) is 0 Å². The predicted octanol–water partition coefficient (Wildman–Crippen LogP) is 16.5. The summed E-state index contributed by atoms with van der Waals surface area (Å²) in [6.45, 7) is 0. The number of nitriles is 6. The van der Waals surface area contributed by atoms with E-state index in [0.717, 1.165) is 33.7 Å². The maximum atomic E-state index is 14.9. The Kier molecular flexibility index (Phi) is 11.4. The largest absolute Gasteiger partial charge is 0.416 e. The summed E-state index contributed by atoms with van der Waals surface area (Å²) in [7, 11) is 0. The number of alkyl halides is 3. The van der Waals surface area contributed by atoms with Gasteiger partial charge in [-0.15, -0.1) is 0 Å². The van der Waals surface area contributed by atoms with Crippen LogP contribution >= 0.6 is 0 Å². The molecule has 0 spiro atoms. The Bertz CT molecular complexity index is 4330. The van der Waals surface area contributed by atoms with Crippen LogP contribution in [-0.2, 0) is 6.18 Å². The molecule has 78 heavy (non-hydrogen) atoms. The van der Waals surface area contributed by atoms with Gasteiger partial charge in [-0.3, -0.25) is 0 Å². The standard InChI is InChI=1S/C67H33F3N8/c68-67(69,70)51-26-40(34-71)25-49(27-51)50-32-65(77-61-28-41(52-13-5-1-9-45(52)35-72)17-21-56(61)57-22-18-42(29-62(57)77)53-14-6-2-10-46(53)36-73)60(39-76)66(33-50)78-63-30-43(54-15-7-3-11-47(54)37-74)19-23-58(63)59-24-20-44(31-64(59)78)55-16-8-4-12-48(55)38-75/h1-33H. The van der Waals surface area contributed by atoms with E-state index in [9.17, 15) is 44.7 Å². The van der Waals surface area contributed by atoms with Gasteiger partial charge in [-0.25, -0.2) is 0 Å². The summed E-state index contributed by atoms with van der Waals surface area (Å²) >= 11 is 0. The van der Waals surface area contributed by atoms with Crippen LogP contribution in [0.2, 0.25) is 0 Å². The van der Waals surface area contributed by atoms with E-state index in [1.807, 2.05) is 137 Å². The van der Waals surface area contributed by atoms with Gasteiger partial charge >= 0.3 is 6.18 Å². The summed E-state index contributed by atoms with van der Waals surface area (Å²) in [6, 6.07) is 72.1. The van der Waals surface area contributed by atoms with Crippen molar-refractivity contribution in [3.8, 4) is 103 Å². The second kappa shape index (κ2) is 18.8. The van der Waals surface area contributed by atoms with Crippen LogP contribution in [0.15, 0.2) is 200 Å². The van der Waals surface area contributed by atoms with Crippen molar-refractivity contribution in [2.45, 2.75) is 6.18 Å². The summed E-state index contributed by atoms with van der Waals surface area (Å²) in [5.41, 5.74) is 9.07. The SMILES string of the molecule is N#Cc1cc(-c2cc(-n3c4cc(-c5ccccc5C#N)ccc4c4ccc(-c5ccccc5C#N)cc43)c(C#N)c(-n3c4cc(-c5ccccc5C#N)ccc4c4ccc(-c5ccccc5C#N)cc43)c2)cc(C(F)(F)F)c1. The van der Waals surface area contributed by atoms with Crippen molar-refractivity contribution in [1.82, 2.24) is 9.13 Å². The van der Waals surface area contributed by atoms with E-state index in [4.69, 9.17) is 0 Å². The molecule has 0 aliphatic rings. The van der Waals surface area contributed by atoms with Crippen molar-refractivity contribution >= 4 is 43.6 Å². The minimum atomic E-state index is -4.84. The quantitative estimate of drug-likeness (QED) is 0.155. The zero-order valence-electron chi connectivity index (χ0n) is 40.8. The fourth-order valence-corrected chi connectivity index (χ4v) is 10.8. The summed E-state index contributed by atoms with van der Waals surface area (Å²) in [5.74, 6) is 0. The predicted molar refractivity (Wildman–Crippen MR) is 296 cm³/mol. The molecule has 0 atom stereocenters. The van der Waals surface area contributed by atoms with Gasteiger partial charge < -0.3 is 9.13 Å². The van der Waals surface area contributed by atoms with Crippen molar-refractivity contribution in [2.24, 2.45) is 0 Å². The summed E-state index contributed by atoms with van der Waals surface area (Å²) in [5, 5.41) is 66.4. The summed E-state index contributed by atoms with van der Waals surface area (Å²) < 4.78 is 48.5. The molecule has 0 saturated carbocycles. The molecule has 2 aromatic heterocycles. The second-order valence-electron chi connectivity index (χ2n) is 18.6. The lowest BCUT2D eigenvalue weighted by atomic mass is 9.96. The number of hydrogen-bond donors (Lipinski definition) is 0. The smallest absolute Gasteiger partial charge is 0.308 e. The van der Waals surface area contributed by atoms with Gasteiger partial charge in [0.15, 0.2) is 0 Å². The van der Waals surface area contributed by atoms with Gasteiger partial charge in [0, 0.05) is 21.5 Å². The maximum absolute atomic E-state index is 14.9. The highest BCUT2D eigenvalue weighted by molar-refractivity contribution is 6.13. The molecule has 11 heteroatoms. The topological polar surface area (TPSA) is 153 Å². The van der Waals surface area contributed by atoms with Crippen molar-refractivity contribution in [3.63, 3.8) is 0 Å². The summed E-state index contributed by atoms with van der Waals surface area (Å²) in [6.07, 6.45) is -4.84. The Labute approximate surface area is 444 Å². The monoisotopic (exact) mass is 1010 g/mol. The first kappa shape index (κ1) is 47.5. The first-order valence-electron chi connectivity index (χ1n) is 24.4. The third-order valence-electron chi connectivity index (χ3n) is 14.4. The molecule has 0 aliphatic carbocycles. The number of halogens is 3. The van der Waals surface area contributed by atoms with Gasteiger partial charge in [-0.1, -0.05) is 121 Å². The molecule has 0 radical (unpaired) electrons. The van der Waals surface area contributed by atoms with Crippen LogP contribution in [0, 0.1) is 68.0 Å². The van der Waals surface area contributed by atoms with Gasteiger partial charge in [0.05, 0.1) is 97.2 Å². The van der Waals surface area contributed by atoms with Crippen LogP contribution in [0.25, 0.3) is 111 Å². The molecule has 0 amide bonds. The fourth-order valence-electron chi connectivity index (χ4n) is 10.8. The number of fused-ring (bicyclic) bond motifs is 6. The van der Waals surface area contributed by atoms with Gasteiger partial charge in [-0.05, 0) is 134 Å². The third-order valence-corrected chi connectivity index (χ3v) is 14.4. The zero-order valence-corrected chi connectivity index (χ0v) is 40.8. The Hall–Kier alpha value is -11.5. The molecular formula is C67H33F3N8. The second-order valence-corrected chi connectivity index (χ2v) is 18.6. The van der Waals surface area contributed by atoms with Crippen LogP contribution in [-0.4, -0.2) is 9.13 Å². The lowest BCUT2D eigenvalue weighted by Gasteiger charge is -2.20. The van der Waals surface area contributed by atoms with E-state index in [1.165, 1.54) is 6.07 Å². The Morgan fingerprint density at radius 1 is 0.308 bits per heavy atom. The number of aromatic nitrogens is 2. The van der Waals surface area contributed by atoms with Crippen LogP contribution in [0.4, 0.5) is 13.2 Å². The van der Waals surface area contributed by atoms with E-state index in [-0.39, 0.29) is 33.6 Å². The molecule has 12 rings (SSSR count). The lowest BCUT2D eigenvalue weighted by molar-refractivity contribution is -0.137. The Morgan fingerprint density at radius 3 is 0.923 bits per heavy atom. The Balaban J connectivity index is 1.28. The van der Waals surface area contributed by atoms with E-state index < -0.39 is 11.7 Å². The van der Waals surface area contributed by atoms with Gasteiger partial charge in [0.25, 0.3) is 0 Å². The van der Waals surface area contributed by atoms with E-state index in [2.05, 4.69) is 30.3 Å². The molecular weight excluding hydrogens is 974 g/mol. The van der Waals surface area contributed by atoms with Crippen LogP contribution in [0.1, 0.15) is 38.9 Å².